The maximum absolute atomic E-state index is 12.9. The van der Waals surface area contributed by atoms with E-state index in [1.54, 1.807) is 19.3 Å². The summed E-state index contributed by atoms with van der Waals surface area (Å²) in [6.45, 7) is 11.4. The smallest absolute Gasteiger partial charge is 0.333 e. The quantitative estimate of drug-likeness (QED) is 0.0324. The Morgan fingerprint density at radius 1 is 0.889 bits per heavy atom. The first-order valence-electron chi connectivity index (χ1n) is 23.8. The fraction of sp³-hybridized carbons (Fsp3) is 0.396. The zero-order valence-electron chi connectivity index (χ0n) is 41.1. The van der Waals surface area contributed by atoms with E-state index in [0.29, 0.717) is 73.1 Å². The zero-order valence-corrected chi connectivity index (χ0v) is 42.8. The lowest BCUT2D eigenvalue weighted by Gasteiger charge is -2.44. The minimum atomic E-state index is -4.91. The molecule has 1 fully saturated rings. The highest BCUT2D eigenvalue weighted by molar-refractivity contribution is 7.86. The molecule has 0 saturated carbocycles. The third kappa shape index (κ3) is 12.8. The number of nitrogens with zero attached hydrogens (tertiary/aromatic N) is 3. The van der Waals surface area contributed by atoms with Gasteiger partial charge in [0.25, 0.3) is 21.9 Å². The van der Waals surface area contributed by atoms with Crippen LogP contribution in [0.5, 0.6) is 5.75 Å². The van der Waals surface area contributed by atoms with Gasteiger partial charge in [-0.25, -0.2) is 13.2 Å². The molecule has 19 heteroatoms. The largest absolute Gasteiger partial charge is 0.744 e. The van der Waals surface area contributed by atoms with Crippen molar-refractivity contribution in [2.75, 3.05) is 63.9 Å². The SMILES string of the molecule is COCCOCCOCCN1c2cc3c(cc2C(C)=CC1(C)C)/C(=C/C=C/C=C/C1=[N+](CCCS(=O)(=O)O)c2ccc(S(=O)(=O)[O-])cc2C1(C)CCCC(=O)ON1C(=O)CCC1=O)C=C(c1ccccc1)O3. The Balaban J connectivity index is 1.21. The molecule has 3 aromatic carbocycles. The molecule has 4 aliphatic rings. The van der Waals surface area contributed by atoms with Crippen molar-refractivity contribution in [1.29, 1.82) is 0 Å². The van der Waals surface area contributed by atoms with Crippen LogP contribution >= 0.6 is 0 Å². The Kier molecular flexibility index (Phi) is 17.0. The molecule has 0 bridgehead atoms. The van der Waals surface area contributed by atoms with Crippen molar-refractivity contribution in [3.05, 3.63) is 125 Å². The number of hydrogen-bond acceptors (Lipinski definition) is 14. The van der Waals surface area contributed by atoms with Crippen molar-refractivity contribution in [3.63, 3.8) is 0 Å². The molecule has 7 rings (SSSR count). The van der Waals surface area contributed by atoms with Gasteiger partial charge in [-0.15, -0.1) is 5.06 Å². The lowest BCUT2D eigenvalue weighted by molar-refractivity contribution is -0.437. The van der Waals surface area contributed by atoms with E-state index >= 15 is 0 Å². The summed E-state index contributed by atoms with van der Waals surface area (Å²) in [5, 5.41) is 0.472. The molecule has 17 nitrogen and oxygen atoms in total. The Morgan fingerprint density at radius 2 is 1.60 bits per heavy atom. The van der Waals surface area contributed by atoms with E-state index in [0.717, 1.165) is 33.5 Å². The van der Waals surface area contributed by atoms with Crippen molar-refractivity contribution < 1.29 is 68.7 Å². The summed E-state index contributed by atoms with van der Waals surface area (Å²) in [5.74, 6) is -1.28. The molecule has 4 aliphatic heterocycles. The number of rotatable bonds is 23. The van der Waals surface area contributed by atoms with Gasteiger partial charge in [0.15, 0.2) is 5.71 Å². The molecule has 72 heavy (non-hydrogen) atoms. The number of imide groups is 1. The van der Waals surface area contributed by atoms with Gasteiger partial charge in [-0.2, -0.15) is 13.0 Å². The topological polar surface area (TPSA) is 218 Å². The van der Waals surface area contributed by atoms with E-state index in [2.05, 4.69) is 43.9 Å². The minimum absolute atomic E-state index is 0.0104. The van der Waals surface area contributed by atoms with E-state index in [1.165, 1.54) is 18.2 Å². The highest BCUT2D eigenvalue weighted by Crippen LogP contribution is 2.47. The van der Waals surface area contributed by atoms with Crippen LogP contribution in [0.4, 0.5) is 11.4 Å². The van der Waals surface area contributed by atoms with Gasteiger partial charge in [-0.05, 0) is 76.0 Å². The number of ether oxygens (including phenoxy) is 4. The molecular formula is C53H61N3O14S2. The second-order valence-corrected chi connectivity index (χ2v) is 21.6. The fourth-order valence-corrected chi connectivity index (χ4v) is 10.5. The van der Waals surface area contributed by atoms with Crippen molar-refractivity contribution in [2.45, 2.75) is 82.1 Å². The van der Waals surface area contributed by atoms with E-state index in [1.807, 2.05) is 66.1 Å². The number of hydroxylamine groups is 2. The predicted molar refractivity (Wildman–Crippen MR) is 270 cm³/mol. The van der Waals surface area contributed by atoms with Gasteiger partial charge in [0.2, 0.25) is 5.69 Å². The summed E-state index contributed by atoms with van der Waals surface area (Å²) in [7, 11) is -7.61. The van der Waals surface area contributed by atoms with Crippen LogP contribution in [-0.4, -0.2) is 124 Å². The van der Waals surface area contributed by atoms with Crippen molar-refractivity contribution in [2.24, 2.45) is 0 Å². The average molecular weight is 1030 g/mol. The highest BCUT2D eigenvalue weighted by Gasteiger charge is 2.48. The van der Waals surface area contributed by atoms with E-state index < -0.39 is 54.1 Å². The number of allylic oxidation sites excluding steroid dienone is 8. The molecule has 0 aromatic heterocycles. The molecule has 4 heterocycles. The molecule has 1 saturated heterocycles. The van der Waals surface area contributed by atoms with Crippen molar-refractivity contribution >= 4 is 72.0 Å². The predicted octanol–water partition coefficient (Wildman–Crippen LogP) is 7.31. The van der Waals surface area contributed by atoms with Crippen LogP contribution < -0.4 is 9.64 Å². The van der Waals surface area contributed by atoms with Gasteiger partial charge in [-0.1, -0.05) is 60.7 Å². The van der Waals surface area contributed by atoms with Gasteiger partial charge >= 0.3 is 5.97 Å². The maximum atomic E-state index is 12.9. The minimum Gasteiger partial charge on any atom is -0.744 e. The van der Waals surface area contributed by atoms with Crippen LogP contribution in [0.25, 0.3) is 16.9 Å². The summed E-state index contributed by atoms with van der Waals surface area (Å²) < 4.78 is 95.4. The molecule has 1 N–H and O–H groups in total. The molecule has 0 radical (unpaired) electrons. The Hall–Kier alpha value is -6.06. The summed E-state index contributed by atoms with van der Waals surface area (Å²) in [6.07, 6.45) is 13.5. The summed E-state index contributed by atoms with van der Waals surface area (Å²) in [5.41, 5.74) is 5.95. The van der Waals surface area contributed by atoms with Crippen LogP contribution in [0.3, 0.4) is 0 Å². The van der Waals surface area contributed by atoms with E-state index in [4.69, 9.17) is 23.8 Å². The molecule has 0 aliphatic carbocycles. The molecule has 3 aromatic rings. The Morgan fingerprint density at radius 3 is 2.29 bits per heavy atom. The normalized spacial score (nSPS) is 19.2. The molecule has 1 atom stereocenters. The van der Waals surface area contributed by atoms with Gasteiger partial charge in [0, 0.05) is 85.5 Å². The van der Waals surface area contributed by atoms with E-state index in [9.17, 15) is 40.3 Å². The third-order valence-corrected chi connectivity index (χ3v) is 14.6. The van der Waals surface area contributed by atoms with Gasteiger partial charge in [0.1, 0.15) is 28.2 Å². The number of carbonyl (C=O) groups is 3. The second kappa shape index (κ2) is 22.8. The first-order valence-corrected chi connectivity index (χ1v) is 26.8. The van der Waals surface area contributed by atoms with Crippen LogP contribution in [-0.2, 0) is 59.1 Å². The van der Waals surface area contributed by atoms with Gasteiger partial charge in [-0.3, -0.25) is 14.1 Å². The zero-order chi connectivity index (χ0) is 51.8. The van der Waals surface area contributed by atoms with Crippen molar-refractivity contribution in [3.8, 4) is 5.75 Å². The number of anilines is 1. The van der Waals surface area contributed by atoms with Gasteiger partial charge < -0.3 is 33.2 Å². The molecule has 0 spiro atoms. The Bertz CT molecular complexity index is 2980. The third-order valence-electron chi connectivity index (χ3n) is 13.0. The highest BCUT2D eigenvalue weighted by atomic mass is 32.2. The summed E-state index contributed by atoms with van der Waals surface area (Å²) in [6, 6.07) is 18.0. The Labute approximate surface area is 421 Å². The maximum Gasteiger partial charge on any atom is 0.333 e. The standard InChI is InChI=1S/C53H61N3O14S2/c1-37-36-52(2,3)55(25-26-67-29-30-68-28-27-66-5)45-35-47-42(34-41(37)45)39(32-46(69-47)38-14-8-6-9-15-38)16-10-7-11-17-48-53(4,23-12-18-51(59)70-56-49(57)21-22-50(56)58)43-33-40(72(63,64)65)19-20-44(43)54(48)24-13-31-71(60,61)62/h6-11,14-17,19-20,32-36H,12-13,18,21-31H2,1-5H3,(H-,60,61,62,63,64,65). The molecule has 1 unspecified atom stereocenters. The van der Waals surface area contributed by atoms with Crippen LogP contribution in [0.2, 0.25) is 0 Å². The second-order valence-electron chi connectivity index (χ2n) is 18.6. The lowest BCUT2D eigenvalue weighted by Crippen LogP contribution is -2.46. The van der Waals surface area contributed by atoms with Gasteiger partial charge in [0.05, 0.1) is 54.6 Å². The first kappa shape index (κ1) is 53.7. The van der Waals surface area contributed by atoms with Crippen LogP contribution in [0.1, 0.15) is 88.5 Å². The molecule has 384 valence electrons. The lowest BCUT2D eigenvalue weighted by atomic mass is 9.75. The number of benzene rings is 3. The average Bonchev–Trinajstić information content (AvgIpc) is 3.76. The van der Waals surface area contributed by atoms with Crippen molar-refractivity contribution in [1.82, 2.24) is 5.06 Å². The number of fused-ring (bicyclic) bond motifs is 3. The van der Waals surface area contributed by atoms with Crippen LogP contribution in [0.15, 0.2) is 108 Å². The van der Waals surface area contributed by atoms with Crippen LogP contribution in [0, 0.1) is 0 Å². The number of amides is 2. The van der Waals surface area contributed by atoms with E-state index in [-0.39, 0.29) is 50.6 Å². The summed E-state index contributed by atoms with van der Waals surface area (Å²) in [4.78, 5) is 44.1. The fourth-order valence-electron chi connectivity index (χ4n) is 9.55. The number of carbonyl (C=O) groups excluding carboxylic acids is 3. The number of methoxy groups -OCH3 is 1. The number of hydrogen-bond donors (Lipinski definition) is 1. The molecule has 2 amide bonds. The first-order chi connectivity index (χ1) is 34.2. The molecular weight excluding hydrogens is 967 g/mol. The summed E-state index contributed by atoms with van der Waals surface area (Å²) >= 11 is 0. The monoisotopic (exact) mass is 1030 g/mol.